The number of hydrogen-bond donors (Lipinski definition) is 3. The largest absolute Gasteiger partial charge is 0.444 e. The Labute approximate surface area is 150 Å². The molecule has 26 heavy (non-hydrogen) atoms. The summed E-state index contributed by atoms with van der Waals surface area (Å²) in [5.74, 6) is -0.994. The van der Waals surface area contributed by atoms with E-state index in [1.165, 1.54) is 0 Å². The molecule has 0 heterocycles. The molecular weight excluding hydrogens is 357 g/mol. The van der Waals surface area contributed by atoms with E-state index in [0.29, 0.717) is 6.42 Å². The second-order valence-electron chi connectivity index (χ2n) is 7.01. The van der Waals surface area contributed by atoms with E-state index in [-0.39, 0.29) is 11.8 Å². The molecule has 2 amide bonds. The van der Waals surface area contributed by atoms with Gasteiger partial charge in [0, 0.05) is 0 Å². The van der Waals surface area contributed by atoms with E-state index >= 15 is 0 Å². The number of nitrogens with zero attached hydrogens (tertiary/aromatic N) is 1. The molecule has 0 radical (unpaired) electrons. The second kappa shape index (κ2) is 10.1. The Morgan fingerprint density at radius 3 is 2.23 bits per heavy atom. The van der Waals surface area contributed by atoms with Crippen molar-refractivity contribution in [2.45, 2.75) is 58.9 Å². The molecule has 0 aliphatic heterocycles. The van der Waals surface area contributed by atoms with E-state index in [9.17, 15) is 22.8 Å². The number of alkyl halides is 3. The first-order chi connectivity index (χ1) is 11.7. The SMILES string of the molecule is CC(C)CC(NC(=O)OC(C)(C)C)/C(N)=N/OCC(=O)NCC(F)(F)F. The summed E-state index contributed by atoms with van der Waals surface area (Å²) >= 11 is 0. The van der Waals surface area contributed by atoms with Crippen LogP contribution in [0.5, 0.6) is 0 Å². The van der Waals surface area contributed by atoms with E-state index in [2.05, 4.69) is 15.3 Å². The van der Waals surface area contributed by atoms with Crippen molar-refractivity contribution < 1.29 is 32.3 Å². The minimum Gasteiger partial charge on any atom is -0.444 e. The lowest BCUT2D eigenvalue weighted by Gasteiger charge is -2.24. The van der Waals surface area contributed by atoms with Gasteiger partial charge in [-0.1, -0.05) is 19.0 Å². The molecule has 0 aliphatic carbocycles. The van der Waals surface area contributed by atoms with Crippen molar-refractivity contribution in [3.8, 4) is 0 Å². The fourth-order valence-electron chi connectivity index (χ4n) is 1.65. The molecule has 0 bridgehead atoms. The Balaban J connectivity index is 4.66. The third-order valence-corrected chi connectivity index (χ3v) is 2.61. The third-order valence-electron chi connectivity index (χ3n) is 2.61. The van der Waals surface area contributed by atoms with Crippen LogP contribution in [-0.4, -0.2) is 48.8 Å². The first kappa shape index (κ1) is 23.8. The van der Waals surface area contributed by atoms with E-state index in [1.807, 2.05) is 13.8 Å². The molecule has 0 aromatic carbocycles. The number of alkyl carbamates (subject to hydrolysis) is 1. The minimum absolute atomic E-state index is 0.131. The van der Waals surface area contributed by atoms with Crippen molar-refractivity contribution in [2.24, 2.45) is 16.8 Å². The van der Waals surface area contributed by atoms with E-state index in [1.54, 1.807) is 26.1 Å². The van der Waals surface area contributed by atoms with Crippen LogP contribution in [0.2, 0.25) is 0 Å². The lowest BCUT2D eigenvalue weighted by atomic mass is 10.0. The van der Waals surface area contributed by atoms with Crippen LogP contribution in [0.15, 0.2) is 5.16 Å². The van der Waals surface area contributed by atoms with Gasteiger partial charge in [-0.3, -0.25) is 4.79 Å². The molecule has 0 spiro atoms. The maximum absolute atomic E-state index is 12.0. The smallest absolute Gasteiger partial charge is 0.408 e. The van der Waals surface area contributed by atoms with Crippen molar-refractivity contribution in [2.75, 3.05) is 13.2 Å². The normalized spacial score (nSPS) is 14.0. The van der Waals surface area contributed by atoms with E-state index in [0.717, 1.165) is 0 Å². The van der Waals surface area contributed by atoms with Crippen LogP contribution in [0.4, 0.5) is 18.0 Å². The highest BCUT2D eigenvalue weighted by Gasteiger charge is 2.28. The zero-order chi connectivity index (χ0) is 20.5. The second-order valence-corrected chi connectivity index (χ2v) is 7.01. The van der Waals surface area contributed by atoms with Gasteiger partial charge in [0.2, 0.25) is 0 Å². The first-order valence-corrected chi connectivity index (χ1v) is 7.98. The Bertz CT molecular complexity index is 502. The molecule has 0 saturated carbocycles. The van der Waals surface area contributed by atoms with Crippen molar-refractivity contribution >= 4 is 17.8 Å². The molecule has 0 saturated heterocycles. The highest BCUT2D eigenvalue weighted by atomic mass is 19.4. The number of carbonyl (C=O) groups is 2. The van der Waals surface area contributed by atoms with Crippen LogP contribution < -0.4 is 16.4 Å². The van der Waals surface area contributed by atoms with Gasteiger partial charge in [0.25, 0.3) is 5.91 Å². The number of carbonyl (C=O) groups excluding carboxylic acids is 2. The van der Waals surface area contributed by atoms with Gasteiger partial charge in [-0.15, -0.1) is 0 Å². The highest BCUT2D eigenvalue weighted by Crippen LogP contribution is 2.12. The van der Waals surface area contributed by atoms with Crippen LogP contribution >= 0.6 is 0 Å². The lowest BCUT2D eigenvalue weighted by Crippen LogP contribution is -2.47. The fraction of sp³-hybridized carbons (Fsp3) is 0.800. The summed E-state index contributed by atoms with van der Waals surface area (Å²) in [5.41, 5.74) is 5.05. The molecule has 1 unspecified atom stereocenters. The number of amides is 2. The number of hydrogen-bond acceptors (Lipinski definition) is 5. The summed E-state index contributed by atoms with van der Waals surface area (Å²) in [5, 5.41) is 7.66. The molecule has 0 fully saturated rings. The molecule has 0 aliphatic rings. The van der Waals surface area contributed by atoms with Gasteiger partial charge in [0.1, 0.15) is 12.1 Å². The number of ether oxygens (including phenoxy) is 1. The highest BCUT2D eigenvalue weighted by molar-refractivity contribution is 5.88. The predicted molar refractivity (Wildman–Crippen MR) is 89.3 cm³/mol. The maximum atomic E-state index is 12.0. The summed E-state index contributed by atoms with van der Waals surface area (Å²) in [7, 11) is 0. The standard InChI is InChI=1S/C15H27F3N4O4/c1-9(2)6-10(21-13(24)26-14(3,4)5)12(19)22-25-7-11(23)20-8-15(16,17)18/h9-10H,6-8H2,1-5H3,(H2,19,22)(H,20,23)(H,21,24). The van der Waals surface area contributed by atoms with Crippen molar-refractivity contribution in [1.82, 2.24) is 10.6 Å². The number of amidine groups is 1. The van der Waals surface area contributed by atoms with Crippen molar-refractivity contribution in [3.63, 3.8) is 0 Å². The maximum Gasteiger partial charge on any atom is 0.408 e. The molecule has 0 rings (SSSR count). The van der Waals surface area contributed by atoms with Crippen LogP contribution in [0.1, 0.15) is 41.0 Å². The zero-order valence-corrected chi connectivity index (χ0v) is 15.6. The Morgan fingerprint density at radius 1 is 1.19 bits per heavy atom. The lowest BCUT2D eigenvalue weighted by molar-refractivity contribution is -0.141. The summed E-state index contributed by atoms with van der Waals surface area (Å²) in [4.78, 5) is 27.7. The molecule has 4 N–H and O–H groups in total. The summed E-state index contributed by atoms with van der Waals surface area (Å²) in [6, 6.07) is -0.719. The Morgan fingerprint density at radius 2 is 1.77 bits per heavy atom. The monoisotopic (exact) mass is 384 g/mol. The Kier molecular flexibility index (Phi) is 9.22. The topological polar surface area (TPSA) is 115 Å². The van der Waals surface area contributed by atoms with Gasteiger partial charge in [0.15, 0.2) is 12.4 Å². The molecule has 11 heteroatoms. The fourth-order valence-corrected chi connectivity index (χ4v) is 1.65. The molecule has 152 valence electrons. The van der Waals surface area contributed by atoms with Crippen LogP contribution in [0, 0.1) is 5.92 Å². The Hall–Kier alpha value is -2.20. The van der Waals surface area contributed by atoms with E-state index in [4.69, 9.17) is 10.5 Å². The molecule has 0 aromatic rings. The van der Waals surface area contributed by atoms with Gasteiger partial charge in [-0.25, -0.2) is 4.79 Å². The number of halogens is 3. The van der Waals surface area contributed by atoms with Gasteiger partial charge in [0.05, 0.1) is 6.04 Å². The third kappa shape index (κ3) is 13.1. The number of nitrogens with one attached hydrogen (secondary N) is 2. The van der Waals surface area contributed by atoms with E-state index < -0.39 is 43.0 Å². The molecule has 1 atom stereocenters. The zero-order valence-electron chi connectivity index (χ0n) is 15.6. The van der Waals surface area contributed by atoms with Crippen molar-refractivity contribution in [3.05, 3.63) is 0 Å². The van der Waals surface area contributed by atoms with Gasteiger partial charge < -0.3 is 25.9 Å². The average Bonchev–Trinajstić information content (AvgIpc) is 2.41. The number of nitrogens with two attached hydrogens (primary N) is 1. The predicted octanol–water partition coefficient (Wildman–Crippen LogP) is 1.89. The molecule has 0 aromatic heterocycles. The number of oxime groups is 1. The number of rotatable bonds is 8. The first-order valence-electron chi connectivity index (χ1n) is 7.98. The van der Waals surface area contributed by atoms with Crippen LogP contribution in [0.25, 0.3) is 0 Å². The minimum atomic E-state index is -4.52. The summed E-state index contributed by atoms with van der Waals surface area (Å²) in [6.07, 6.45) is -4.81. The van der Waals surface area contributed by atoms with Crippen molar-refractivity contribution in [1.29, 1.82) is 0 Å². The molecule has 8 nitrogen and oxygen atoms in total. The van der Waals surface area contributed by atoms with Gasteiger partial charge in [-0.05, 0) is 33.1 Å². The quantitative estimate of drug-likeness (QED) is 0.336. The average molecular weight is 384 g/mol. The van der Waals surface area contributed by atoms with Crippen LogP contribution in [-0.2, 0) is 14.4 Å². The van der Waals surface area contributed by atoms with Crippen LogP contribution in [0.3, 0.4) is 0 Å². The summed E-state index contributed by atoms with van der Waals surface area (Å²) < 4.78 is 41.1. The van der Waals surface area contributed by atoms with Gasteiger partial charge >= 0.3 is 12.3 Å². The van der Waals surface area contributed by atoms with Gasteiger partial charge in [-0.2, -0.15) is 13.2 Å². The molecular formula is C15H27F3N4O4. The summed E-state index contributed by atoms with van der Waals surface area (Å²) in [6.45, 7) is 6.67.